The van der Waals surface area contributed by atoms with Gasteiger partial charge >= 0.3 is 11.9 Å². The number of carboxylic acids is 1. The lowest BCUT2D eigenvalue weighted by molar-refractivity contribution is -0.172. The maximum atomic E-state index is 15.5. The number of carbonyl (C=O) groups excluding carboxylic acids is 11. The lowest BCUT2D eigenvalue weighted by Gasteiger charge is -2.31. The minimum Gasteiger partial charge on any atom is -0.481 e. The maximum absolute atomic E-state index is 15.5. The fraction of sp³-hybridized carbons (Fsp3) is 0.536. The highest BCUT2D eigenvalue weighted by Gasteiger charge is 2.46. The molecule has 0 saturated carbocycles. The van der Waals surface area contributed by atoms with Gasteiger partial charge in [0, 0.05) is 105 Å². The van der Waals surface area contributed by atoms with Crippen molar-refractivity contribution in [1.29, 1.82) is 0 Å². The molecule has 1 saturated heterocycles. The first kappa shape index (κ1) is 74.0. The Morgan fingerprint density at radius 3 is 2.11 bits per heavy atom. The summed E-state index contributed by atoms with van der Waals surface area (Å²) in [6.45, 7) is 5.58. The summed E-state index contributed by atoms with van der Waals surface area (Å²) in [5, 5.41) is 32.1. The number of imide groups is 1. The summed E-state index contributed by atoms with van der Waals surface area (Å²) in [4.78, 5) is 173. The molecule has 2 aromatic carbocycles. The van der Waals surface area contributed by atoms with Crippen LogP contribution in [0, 0.1) is 24.6 Å². The van der Waals surface area contributed by atoms with Crippen LogP contribution in [0.4, 0.5) is 4.39 Å². The summed E-state index contributed by atoms with van der Waals surface area (Å²) in [7, 11) is 0. The monoisotopic (exact) mass is 1350 g/mol. The zero-order chi connectivity index (χ0) is 69.9. The summed E-state index contributed by atoms with van der Waals surface area (Å²) in [6.07, 6.45) is -0.366. The van der Waals surface area contributed by atoms with Gasteiger partial charge in [-0.1, -0.05) is 44.2 Å². The number of likely N-dealkylation sites (tertiary alicyclic amines) is 1. The van der Waals surface area contributed by atoms with Crippen molar-refractivity contribution in [3.8, 4) is 11.4 Å². The van der Waals surface area contributed by atoms with Crippen molar-refractivity contribution in [3.63, 3.8) is 0 Å². The van der Waals surface area contributed by atoms with E-state index < -0.39 is 109 Å². The number of pyridine rings is 2. The van der Waals surface area contributed by atoms with E-state index in [0.29, 0.717) is 83.6 Å². The Balaban J connectivity index is 0.709. The van der Waals surface area contributed by atoms with Gasteiger partial charge in [-0.05, 0) is 73.8 Å². The molecule has 0 bridgehead atoms. The number of fused-ring (bicyclic) bond motifs is 5. The number of carboxylic acid groups (broad SMARTS) is 1. The number of aliphatic carboxylic acids is 1. The highest BCUT2D eigenvalue weighted by atomic mass is 19.1. The van der Waals surface area contributed by atoms with Gasteiger partial charge in [0.25, 0.3) is 5.56 Å². The number of ketones is 4. The number of halogens is 1. The molecule has 522 valence electrons. The molecule has 0 radical (unpaired) electrons. The van der Waals surface area contributed by atoms with E-state index >= 15 is 4.39 Å². The number of carbonyl (C=O) groups is 12. The van der Waals surface area contributed by atoms with Crippen molar-refractivity contribution in [2.45, 2.75) is 154 Å². The number of hydrogen-bond acceptors (Lipinski definition) is 20. The first-order valence-electron chi connectivity index (χ1n) is 32.9. The SMILES string of the molecule is CC[C@@]1(O)C(=O)OCc2c1cc1n(c2=O)Cc2c-1nc1cc(F)c(C)c3c1c2[C@@H](NC(=O)CCCC(=O)CNC(=O)[C@@H](CC(=O)CNC(=O)CCC(=O)[C@H](CC(=O)O)NC(=O)CCOCCOCCOCCOCCCC(=O)CCN1C(=O)CC(C)C1=O)Cc1ccccc1)CC3. The molecule has 3 aliphatic heterocycles. The van der Waals surface area contributed by atoms with Crippen molar-refractivity contribution in [2.75, 3.05) is 72.5 Å². The van der Waals surface area contributed by atoms with E-state index in [1.165, 1.54) is 10.6 Å². The van der Waals surface area contributed by atoms with Gasteiger partial charge in [-0.25, -0.2) is 14.2 Å². The maximum Gasteiger partial charge on any atom is 0.343 e. The number of amides is 6. The Hall–Kier alpha value is -8.83. The molecule has 5 heterocycles. The number of benzene rings is 2. The van der Waals surface area contributed by atoms with Crippen LogP contribution >= 0.6 is 0 Å². The number of ether oxygens (including phenoxy) is 5. The molecule has 97 heavy (non-hydrogen) atoms. The number of aromatic nitrogens is 2. The molecule has 6 N–H and O–H groups in total. The highest BCUT2D eigenvalue weighted by Crippen LogP contribution is 2.46. The lowest BCUT2D eigenvalue weighted by Crippen LogP contribution is -2.44. The smallest absolute Gasteiger partial charge is 0.343 e. The van der Waals surface area contributed by atoms with Gasteiger partial charge in [0.15, 0.2) is 23.0 Å². The van der Waals surface area contributed by atoms with Gasteiger partial charge in [-0.3, -0.25) is 62.4 Å². The number of nitrogens with one attached hydrogen (secondary N) is 4. The number of esters is 1. The zero-order valence-corrected chi connectivity index (χ0v) is 54.8. The summed E-state index contributed by atoms with van der Waals surface area (Å²) in [6, 6.07) is 9.64. The second-order valence-corrected chi connectivity index (χ2v) is 24.8. The van der Waals surface area contributed by atoms with Crippen LogP contribution in [0.25, 0.3) is 22.3 Å². The summed E-state index contributed by atoms with van der Waals surface area (Å²) >= 11 is 0. The number of rotatable bonds is 41. The normalized spacial score (nSPS) is 17.4. The molecule has 28 heteroatoms. The summed E-state index contributed by atoms with van der Waals surface area (Å²) < 4.78 is 44.0. The van der Waals surface area contributed by atoms with Gasteiger partial charge in [-0.2, -0.15) is 0 Å². The second kappa shape index (κ2) is 34.9. The van der Waals surface area contributed by atoms with Crippen LogP contribution in [0.1, 0.15) is 149 Å². The molecule has 4 aliphatic rings. The Kier molecular flexibility index (Phi) is 26.6. The molecule has 5 atom stereocenters. The van der Waals surface area contributed by atoms with E-state index in [1.54, 1.807) is 57.2 Å². The van der Waals surface area contributed by atoms with E-state index in [4.69, 9.17) is 28.7 Å². The Morgan fingerprint density at radius 1 is 0.753 bits per heavy atom. The molecule has 0 spiro atoms. The van der Waals surface area contributed by atoms with Gasteiger partial charge in [0.05, 0.1) is 107 Å². The predicted octanol–water partition coefficient (Wildman–Crippen LogP) is 3.32. The number of nitrogens with zero attached hydrogens (tertiary/aromatic N) is 3. The minimum absolute atomic E-state index is 0.0517. The number of cyclic esters (lactones) is 1. The molecule has 2 aromatic heterocycles. The molecular weight excluding hydrogens is 1270 g/mol. The quantitative estimate of drug-likeness (QED) is 0.0186. The van der Waals surface area contributed by atoms with Crippen molar-refractivity contribution < 1.29 is 95.8 Å². The Morgan fingerprint density at radius 2 is 1.43 bits per heavy atom. The summed E-state index contributed by atoms with van der Waals surface area (Å²) in [5.74, 6) is -8.62. The van der Waals surface area contributed by atoms with E-state index in [9.17, 15) is 72.5 Å². The molecular formula is C69H84FN7O20. The molecule has 1 fully saturated rings. The number of hydrogen-bond donors (Lipinski definition) is 6. The van der Waals surface area contributed by atoms with Crippen LogP contribution < -0.4 is 26.8 Å². The van der Waals surface area contributed by atoms with Crippen LogP contribution in [0.3, 0.4) is 0 Å². The van der Waals surface area contributed by atoms with Crippen molar-refractivity contribution >= 4 is 81.4 Å². The third kappa shape index (κ3) is 19.5. The van der Waals surface area contributed by atoms with Crippen molar-refractivity contribution in [3.05, 3.63) is 97.6 Å². The van der Waals surface area contributed by atoms with Crippen molar-refractivity contribution in [1.82, 2.24) is 35.7 Å². The van der Waals surface area contributed by atoms with E-state index in [0.717, 1.165) is 10.5 Å². The molecule has 1 unspecified atom stereocenters. The molecule has 8 rings (SSSR count). The van der Waals surface area contributed by atoms with E-state index in [-0.39, 0.29) is 163 Å². The van der Waals surface area contributed by atoms with Crippen LogP contribution in [-0.4, -0.2) is 174 Å². The fourth-order valence-corrected chi connectivity index (χ4v) is 12.5. The minimum atomic E-state index is -2.06. The first-order chi connectivity index (χ1) is 46.5. The van der Waals surface area contributed by atoms with Crippen LogP contribution in [-0.2, 0) is 113 Å². The highest BCUT2D eigenvalue weighted by molar-refractivity contribution is 6.04. The van der Waals surface area contributed by atoms with Crippen LogP contribution in [0.15, 0.2) is 47.3 Å². The summed E-state index contributed by atoms with van der Waals surface area (Å²) in [5.41, 5.74) is 1.89. The average Bonchev–Trinajstić information content (AvgIpc) is 1.61. The predicted molar refractivity (Wildman–Crippen MR) is 342 cm³/mol. The molecule has 27 nitrogen and oxygen atoms in total. The second-order valence-electron chi connectivity index (χ2n) is 24.8. The van der Waals surface area contributed by atoms with Gasteiger partial charge in [0.1, 0.15) is 18.2 Å². The van der Waals surface area contributed by atoms with E-state index in [2.05, 4.69) is 21.3 Å². The van der Waals surface area contributed by atoms with Gasteiger partial charge < -0.3 is 59.7 Å². The topological polar surface area (TPSA) is 378 Å². The average molecular weight is 1350 g/mol. The number of aryl methyl sites for hydroxylation is 1. The Bertz CT molecular complexity index is 3730. The zero-order valence-electron chi connectivity index (χ0n) is 54.8. The standard InChI is InChI=1S/C69H84FN7O20/c1-4-69(92)50-33-55-64-48(38-77(55)67(90)49(50)39-97-68(69)91)63-52(16-15-47-41(3)51(70)34-54(75-64)62(47)63)73-58(83)14-8-12-45(79)36-72-65(88)43(31-42-10-6-5-7-11-42)32-46(80)37-71-57(82)18-17-56(81)53(35-61(86)87)74-59(84)20-23-94-25-27-96-29-28-95-26-24-93-22-9-13-44(78)19-21-76-60(85)30-40(2)66(76)89/h5-7,10-11,33-34,40,43,52-53,92H,4,8-9,12-32,35-39H2,1-3H3,(H,71,82)(H,72,88)(H,73,83)(H,74,84)(H,86,87)/t40?,43-,52+,53+,69+/m1/s1. The third-order valence-electron chi connectivity index (χ3n) is 17.8. The van der Waals surface area contributed by atoms with Crippen LogP contribution in [0.5, 0.6) is 0 Å². The van der Waals surface area contributed by atoms with Gasteiger partial charge in [-0.15, -0.1) is 0 Å². The Labute approximate surface area is 558 Å². The molecule has 6 amide bonds. The largest absolute Gasteiger partial charge is 0.481 e. The van der Waals surface area contributed by atoms with Gasteiger partial charge in [0.2, 0.25) is 35.4 Å². The fourth-order valence-electron chi connectivity index (χ4n) is 12.5. The van der Waals surface area contributed by atoms with E-state index in [1.807, 2.05) is 0 Å². The number of Topliss-reactive ketones (excluding diaryl/α,β-unsaturated/α-hetero) is 4. The number of aliphatic hydroxyl groups is 1. The lowest BCUT2D eigenvalue weighted by atomic mass is 9.81. The first-order valence-corrected chi connectivity index (χ1v) is 32.9. The third-order valence-corrected chi connectivity index (χ3v) is 17.8. The van der Waals surface area contributed by atoms with Crippen LogP contribution in [0.2, 0.25) is 0 Å². The molecule has 1 aliphatic carbocycles. The molecule has 4 aromatic rings. The van der Waals surface area contributed by atoms with Crippen molar-refractivity contribution in [2.24, 2.45) is 11.8 Å².